The molecule has 4 aromatic rings. The molecule has 5 heterocycles. The second-order valence-electron chi connectivity index (χ2n) is 9.99. The molecule has 1 saturated heterocycles. The summed E-state index contributed by atoms with van der Waals surface area (Å²) in [6, 6.07) is 9.53. The van der Waals surface area contributed by atoms with Crippen molar-refractivity contribution in [1.82, 2.24) is 24.8 Å². The molecule has 38 heavy (non-hydrogen) atoms. The largest absolute Gasteiger partial charge is 0.481 e. The molecule has 6 rings (SSSR count). The number of hydrogen-bond donors (Lipinski definition) is 2. The maximum atomic E-state index is 13.4. The van der Waals surface area contributed by atoms with Gasteiger partial charge in [-0.3, -0.25) is 4.79 Å². The molecule has 0 radical (unpaired) electrons. The van der Waals surface area contributed by atoms with Crippen LogP contribution in [0.15, 0.2) is 48.9 Å². The third-order valence-corrected chi connectivity index (χ3v) is 7.78. The first-order valence-corrected chi connectivity index (χ1v) is 12.8. The number of hydrogen-bond acceptors (Lipinski definition) is 5. The van der Waals surface area contributed by atoms with Gasteiger partial charge >= 0.3 is 6.09 Å². The SMILES string of the molecule is COc1cc(C(=O)N2CCc3cc(-c4cnc5[nH]cc(C)c5c4)cc([C@@H]4CCCN4C(=O)O)c3C2)ccn1. The molecule has 3 aromatic heterocycles. The van der Waals surface area contributed by atoms with Crippen LogP contribution in [0.4, 0.5) is 4.79 Å². The summed E-state index contributed by atoms with van der Waals surface area (Å²) in [4.78, 5) is 40.8. The zero-order valence-corrected chi connectivity index (χ0v) is 21.4. The van der Waals surface area contributed by atoms with Crippen molar-refractivity contribution in [3.05, 3.63) is 76.7 Å². The van der Waals surface area contributed by atoms with E-state index in [1.807, 2.05) is 17.3 Å². The van der Waals surface area contributed by atoms with E-state index in [4.69, 9.17) is 4.74 Å². The lowest BCUT2D eigenvalue weighted by Gasteiger charge is -2.34. The Kier molecular flexibility index (Phi) is 5.98. The lowest BCUT2D eigenvalue weighted by Crippen LogP contribution is -2.37. The van der Waals surface area contributed by atoms with Gasteiger partial charge in [0.25, 0.3) is 5.91 Å². The number of aryl methyl sites for hydroxylation is 1. The summed E-state index contributed by atoms with van der Waals surface area (Å²) in [5.74, 6) is 0.301. The van der Waals surface area contributed by atoms with Gasteiger partial charge in [0.2, 0.25) is 5.88 Å². The number of benzene rings is 1. The molecule has 2 N–H and O–H groups in total. The predicted octanol–water partition coefficient (Wildman–Crippen LogP) is 4.96. The molecule has 0 aliphatic carbocycles. The van der Waals surface area contributed by atoms with Crippen molar-refractivity contribution in [1.29, 1.82) is 0 Å². The molecule has 0 saturated carbocycles. The number of aromatic amines is 1. The minimum atomic E-state index is -0.912. The fourth-order valence-corrected chi connectivity index (χ4v) is 5.78. The first-order valence-electron chi connectivity index (χ1n) is 12.8. The molecule has 0 unspecified atom stereocenters. The third-order valence-electron chi connectivity index (χ3n) is 7.78. The average molecular weight is 512 g/mol. The number of likely N-dealkylation sites (tertiary alicyclic amines) is 1. The zero-order chi connectivity index (χ0) is 26.4. The highest BCUT2D eigenvalue weighted by Gasteiger charge is 2.34. The first-order chi connectivity index (χ1) is 18.4. The Labute approximate surface area is 220 Å². The lowest BCUT2D eigenvalue weighted by molar-refractivity contribution is 0.0732. The van der Waals surface area contributed by atoms with E-state index < -0.39 is 6.09 Å². The minimum Gasteiger partial charge on any atom is -0.481 e. The number of nitrogens with one attached hydrogen (secondary N) is 1. The van der Waals surface area contributed by atoms with Gasteiger partial charge in [0.15, 0.2) is 0 Å². The van der Waals surface area contributed by atoms with Gasteiger partial charge in [0.05, 0.1) is 13.2 Å². The molecule has 0 spiro atoms. The molecule has 2 amide bonds. The summed E-state index contributed by atoms with van der Waals surface area (Å²) in [5.41, 5.74) is 7.68. The summed E-state index contributed by atoms with van der Waals surface area (Å²) in [7, 11) is 1.53. The fourth-order valence-electron chi connectivity index (χ4n) is 5.78. The second-order valence-corrected chi connectivity index (χ2v) is 9.99. The molecular weight excluding hydrogens is 482 g/mol. The van der Waals surface area contributed by atoms with Crippen LogP contribution in [0.5, 0.6) is 5.88 Å². The summed E-state index contributed by atoms with van der Waals surface area (Å²) < 4.78 is 5.20. The van der Waals surface area contributed by atoms with Crippen molar-refractivity contribution in [2.75, 3.05) is 20.2 Å². The molecule has 2 aliphatic rings. The Morgan fingerprint density at radius 2 is 2.00 bits per heavy atom. The number of aromatic nitrogens is 3. The van der Waals surface area contributed by atoms with Crippen LogP contribution in [0, 0.1) is 6.92 Å². The normalized spacial score (nSPS) is 17.1. The van der Waals surface area contributed by atoms with E-state index in [9.17, 15) is 14.7 Å². The summed E-state index contributed by atoms with van der Waals surface area (Å²) >= 11 is 0. The molecule has 9 heteroatoms. The maximum absolute atomic E-state index is 13.4. The highest BCUT2D eigenvalue weighted by atomic mass is 16.5. The summed E-state index contributed by atoms with van der Waals surface area (Å²) in [6.07, 6.45) is 6.73. The van der Waals surface area contributed by atoms with E-state index in [-0.39, 0.29) is 11.9 Å². The van der Waals surface area contributed by atoms with Crippen molar-refractivity contribution >= 4 is 23.0 Å². The van der Waals surface area contributed by atoms with E-state index in [0.29, 0.717) is 37.5 Å². The van der Waals surface area contributed by atoms with Gasteiger partial charge in [0, 0.05) is 60.8 Å². The Balaban J connectivity index is 1.42. The highest BCUT2D eigenvalue weighted by Crippen LogP contribution is 2.40. The van der Waals surface area contributed by atoms with Crippen LogP contribution < -0.4 is 4.74 Å². The van der Waals surface area contributed by atoms with E-state index in [2.05, 4.69) is 40.1 Å². The van der Waals surface area contributed by atoms with Gasteiger partial charge in [-0.1, -0.05) is 6.07 Å². The number of pyridine rings is 2. The number of rotatable bonds is 4. The Hall–Kier alpha value is -4.40. The topological polar surface area (TPSA) is 112 Å². The monoisotopic (exact) mass is 511 g/mol. The molecular formula is C29H29N5O4. The molecule has 1 atom stereocenters. The number of carbonyl (C=O) groups is 2. The number of carboxylic acid groups (broad SMARTS) is 1. The predicted molar refractivity (Wildman–Crippen MR) is 142 cm³/mol. The highest BCUT2D eigenvalue weighted by molar-refractivity contribution is 5.94. The number of nitrogens with zero attached hydrogens (tertiary/aromatic N) is 4. The third kappa shape index (κ3) is 4.13. The van der Waals surface area contributed by atoms with Gasteiger partial charge in [-0.25, -0.2) is 14.8 Å². The van der Waals surface area contributed by atoms with Crippen LogP contribution >= 0.6 is 0 Å². The van der Waals surface area contributed by atoms with E-state index >= 15 is 0 Å². The van der Waals surface area contributed by atoms with Crippen molar-refractivity contribution in [3.63, 3.8) is 0 Å². The molecule has 0 bridgehead atoms. The van der Waals surface area contributed by atoms with Gasteiger partial charge in [-0.15, -0.1) is 0 Å². The Morgan fingerprint density at radius 1 is 1.13 bits per heavy atom. The van der Waals surface area contributed by atoms with Crippen molar-refractivity contribution in [2.24, 2.45) is 0 Å². The van der Waals surface area contributed by atoms with Crippen molar-refractivity contribution in [2.45, 2.75) is 38.8 Å². The van der Waals surface area contributed by atoms with Crippen LogP contribution in [-0.4, -0.2) is 62.1 Å². The molecule has 1 fully saturated rings. The van der Waals surface area contributed by atoms with E-state index in [1.165, 1.54) is 12.0 Å². The summed E-state index contributed by atoms with van der Waals surface area (Å²) in [6.45, 7) is 3.55. The van der Waals surface area contributed by atoms with Crippen LogP contribution in [0.2, 0.25) is 0 Å². The number of H-pyrrole nitrogens is 1. The van der Waals surface area contributed by atoms with Crippen LogP contribution in [0.1, 0.15) is 51.5 Å². The number of amides is 2. The lowest BCUT2D eigenvalue weighted by atomic mass is 9.86. The number of carbonyl (C=O) groups excluding carboxylic acids is 1. The first kappa shape index (κ1) is 24.0. The van der Waals surface area contributed by atoms with Gasteiger partial charge in [-0.2, -0.15) is 0 Å². The quantitative estimate of drug-likeness (QED) is 0.401. The number of fused-ring (bicyclic) bond motifs is 2. The number of methoxy groups -OCH3 is 1. The number of ether oxygens (including phenoxy) is 1. The van der Waals surface area contributed by atoms with Gasteiger partial charge < -0.3 is 24.6 Å². The van der Waals surface area contributed by atoms with Crippen LogP contribution in [0.25, 0.3) is 22.2 Å². The van der Waals surface area contributed by atoms with Gasteiger partial charge in [-0.05, 0) is 72.2 Å². The minimum absolute atomic E-state index is 0.0922. The molecule has 1 aromatic carbocycles. The maximum Gasteiger partial charge on any atom is 0.407 e. The second kappa shape index (κ2) is 9.48. The van der Waals surface area contributed by atoms with Gasteiger partial charge in [0.1, 0.15) is 5.65 Å². The van der Waals surface area contributed by atoms with E-state index in [1.54, 1.807) is 18.3 Å². The van der Waals surface area contributed by atoms with E-state index in [0.717, 1.165) is 57.3 Å². The summed E-state index contributed by atoms with van der Waals surface area (Å²) in [5, 5.41) is 11.0. The molecule has 194 valence electrons. The Bertz CT molecular complexity index is 1560. The van der Waals surface area contributed by atoms with Crippen molar-refractivity contribution < 1.29 is 19.4 Å². The standard InChI is InChI=1S/C29H29N5O4/c1-17-14-31-27-22(17)12-21(15-32-27)20-10-18-6-9-33(28(35)19-5-7-30-26(13-19)38-2)16-24(18)23(11-20)25-4-3-8-34(25)29(36)37/h5,7,10-15,25H,3-4,6,8-9,16H2,1-2H3,(H,31,32)(H,36,37)/t25-/m0/s1. The zero-order valence-electron chi connectivity index (χ0n) is 21.4. The average Bonchev–Trinajstić information content (AvgIpc) is 3.59. The molecule has 2 aliphatic heterocycles. The van der Waals surface area contributed by atoms with Crippen molar-refractivity contribution in [3.8, 4) is 17.0 Å². The smallest absolute Gasteiger partial charge is 0.407 e. The van der Waals surface area contributed by atoms with Crippen LogP contribution in [0.3, 0.4) is 0 Å². The molecule has 9 nitrogen and oxygen atoms in total. The fraction of sp³-hybridized carbons (Fsp3) is 0.310. The Morgan fingerprint density at radius 3 is 2.82 bits per heavy atom. The van der Waals surface area contributed by atoms with Crippen LogP contribution in [-0.2, 0) is 13.0 Å².